The summed E-state index contributed by atoms with van der Waals surface area (Å²) < 4.78 is 5.22. The Morgan fingerprint density at radius 1 is 1.03 bits per heavy atom. The highest BCUT2D eigenvalue weighted by Crippen LogP contribution is 2.32. The number of hydrogen-bond donors (Lipinski definition) is 0. The van der Waals surface area contributed by atoms with Crippen LogP contribution in [0.4, 0.5) is 5.69 Å². The van der Waals surface area contributed by atoms with E-state index in [-0.39, 0.29) is 5.91 Å². The van der Waals surface area contributed by atoms with Gasteiger partial charge in [0, 0.05) is 11.9 Å². The van der Waals surface area contributed by atoms with Crippen LogP contribution >= 0.6 is 11.8 Å². The second-order valence-electron chi connectivity index (χ2n) is 7.29. The van der Waals surface area contributed by atoms with Crippen LogP contribution in [0.25, 0.3) is 6.08 Å². The summed E-state index contributed by atoms with van der Waals surface area (Å²) in [6, 6.07) is 19.5. The maximum Gasteiger partial charge on any atom is 0.283 e. The lowest BCUT2D eigenvalue weighted by Gasteiger charge is -2.19. The van der Waals surface area contributed by atoms with E-state index >= 15 is 0 Å². The van der Waals surface area contributed by atoms with Gasteiger partial charge in [-0.25, -0.2) is 4.99 Å². The van der Waals surface area contributed by atoms with Crippen molar-refractivity contribution in [2.24, 2.45) is 4.99 Å². The van der Waals surface area contributed by atoms with Gasteiger partial charge >= 0.3 is 0 Å². The van der Waals surface area contributed by atoms with Gasteiger partial charge in [0.2, 0.25) is 0 Å². The average Bonchev–Trinajstić information content (AvgIpc) is 3.08. The van der Waals surface area contributed by atoms with E-state index in [1.807, 2.05) is 74.5 Å². The fourth-order valence-corrected chi connectivity index (χ4v) is 4.31. The summed E-state index contributed by atoms with van der Waals surface area (Å²) in [7, 11) is 1.63. The Balaban J connectivity index is 1.68. The van der Waals surface area contributed by atoms with Gasteiger partial charge in [0.1, 0.15) is 11.4 Å². The Bertz CT molecular complexity index is 1130. The number of nitrogens with zero attached hydrogens (tertiary/aromatic N) is 3. The van der Waals surface area contributed by atoms with Crippen molar-refractivity contribution in [3.63, 3.8) is 0 Å². The Hall–Kier alpha value is -3.38. The van der Waals surface area contributed by atoms with Crippen LogP contribution in [-0.4, -0.2) is 23.2 Å². The number of hydrogen-bond acceptors (Lipinski definition) is 5. The number of benzene rings is 2. The van der Waals surface area contributed by atoms with Crippen LogP contribution in [0.5, 0.6) is 5.75 Å². The minimum absolute atomic E-state index is 0.135. The van der Waals surface area contributed by atoms with Crippen LogP contribution in [0.15, 0.2) is 77.5 Å². The van der Waals surface area contributed by atoms with Gasteiger partial charge < -0.3 is 4.74 Å². The highest BCUT2D eigenvalue weighted by molar-refractivity contribution is 8.13. The number of aryl methyl sites for hydroxylation is 2. The Morgan fingerprint density at radius 3 is 2.42 bits per heavy atom. The quantitative estimate of drug-likeness (QED) is 0.511. The zero-order chi connectivity index (χ0) is 21.8. The van der Waals surface area contributed by atoms with Gasteiger partial charge in [-0.05, 0) is 73.0 Å². The Kier molecular flexibility index (Phi) is 6.18. The van der Waals surface area contributed by atoms with Crippen LogP contribution in [0.1, 0.15) is 22.4 Å². The third-order valence-electron chi connectivity index (χ3n) is 4.79. The molecule has 1 aromatic heterocycles. The monoisotopic (exact) mass is 429 g/mol. The van der Waals surface area contributed by atoms with Crippen LogP contribution in [0, 0.1) is 13.8 Å². The highest BCUT2D eigenvalue weighted by Gasteiger charge is 2.32. The minimum Gasteiger partial charge on any atom is -0.497 e. The van der Waals surface area contributed by atoms with E-state index < -0.39 is 0 Å². The molecular formula is C25H23N3O2S. The molecule has 2 heterocycles. The number of aromatic nitrogens is 1. The summed E-state index contributed by atoms with van der Waals surface area (Å²) >= 11 is 1.51. The molecule has 1 aliphatic heterocycles. The van der Waals surface area contributed by atoms with Gasteiger partial charge in [-0.3, -0.25) is 14.7 Å². The number of methoxy groups -OCH3 is 1. The summed E-state index contributed by atoms with van der Waals surface area (Å²) in [5.41, 5.74) is 5.27. The second kappa shape index (κ2) is 9.18. The number of carbonyl (C=O) groups is 1. The molecule has 0 unspecified atom stereocenters. The van der Waals surface area contributed by atoms with Crippen molar-refractivity contribution < 1.29 is 9.53 Å². The third kappa shape index (κ3) is 4.86. The first-order chi connectivity index (χ1) is 15.0. The lowest BCUT2D eigenvalue weighted by Crippen LogP contribution is -2.30. The zero-order valence-electron chi connectivity index (χ0n) is 17.7. The molecule has 0 aliphatic carbocycles. The van der Waals surface area contributed by atoms with Crippen molar-refractivity contribution in [1.29, 1.82) is 0 Å². The standard InChI is InChI=1S/C25H23N3O2S/c1-17-12-18(2)14-21(13-17)28-24(29)23(15-19-7-9-22(30-3)10-8-19)27-25(28)31-16-20-6-4-5-11-26-20/h4-15H,16H2,1-3H3. The molecule has 6 heteroatoms. The van der Waals surface area contributed by atoms with Crippen LogP contribution in [-0.2, 0) is 10.5 Å². The lowest BCUT2D eigenvalue weighted by molar-refractivity contribution is -0.113. The topological polar surface area (TPSA) is 54.8 Å². The number of thioether (sulfide) groups is 1. The van der Waals surface area contributed by atoms with Crippen molar-refractivity contribution in [3.8, 4) is 5.75 Å². The molecule has 0 saturated carbocycles. The number of aliphatic imine (C=N–C) groups is 1. The predicted octanol–water partition coefficient (Wildman–Crippen LogP) is 5.38. The summed E-state index contributed by atoms with van der Waals surface area (Å²) in [4.78, 5) is 24.1. The van der Waals surface area contributed by atoms with Gasteiger partial charge in [0.15, 0.2) is 5.17 Å². The van der Waals surface area contributed by atoms with E-state index in [4.69, 9.17) is 9.73 Å². The summed E-state index contributed by atoms with van der Waals surface area (Å²) in [5.74, 6) is 1.26. The van der Waals surface area contributed by atoms with E-state index in [1.165, 1.54) is 11.8 Å². The lowest BCUT2D eigenvalue weighted by atomic mass is 10.1. The molecule has 0 saturated heterocycles. The van der Waals surface area contributed by atoms with Gasteiger partial charge in [0.05, 0.1) is 18.5 Å². The largest absolute Gasteiger partial charge is 0.497 e. The number of amidine groups is 1. The number of rotatable bonds is 5. The molecule has 4 rings (SSSR count). The highest BCUT2D eigenvalue weighted by atomic mass is 32.2. The zero-order valence-corrected chi connectivity index (χ0v) is 18.5. The van der Waals surface area contributed by atoms with Crippen molar-refractivity contribution in [1.82, 2.24) is 4.98 Å². The molecule has 1 aliphatic rings. The van der Waals surface area contributed by atoms with Crippen LogP contribution < -0.4 is 9.64 Å². The molecule has 0 fully saturated rings. The SMILES string of the molecule is COc1ccc(C=C2N=C(SCc3ccccn3)N(c3cc(C)cc(C)c3)C2=O)cc1. The predicted molar refractivity (Wildman–Crippen MR) is 127 cm³/mol. The Morgan fingerprint density at radius 2 is 1.77 bits per heavy atom. The van der Waals surface area contributed by atoms with Crippen molar-refractivity contribution >= 4 is 34.6 Å². The van der Waals surface area contributed by atoms with Gasteiger partial charge in [-0.15, -0.1) is 0 Å². The Labute approximate surface area is 186 Å². The second-order valence-corrected chi connectivity index (χ2v) is 8.24. The molecule has 0 N–H and O–H groups in total. The molecule has 2 aromatic carbocycles. The first-order valence-electron chi connectivity index (χ1n) is 9.93. The number of ether oxygens (including phenoxy) is 1. The van der Waals surface area contributed by atoms with E-state index in [2.05, 4.69) is 11.1 Å². The molecule has 0 radical (unpaired) electrons. The van der Waals surface area contributed by atoms with Gasteiger partial charge in [-0.1, -0.05) is 36.0 Å². The summed E-state index contributed by atoms with van der Waals surface area (Å²) in [5, 5.41) is 0.653. The van der Waals surface area contributed by atoms with Gasteiger partial charge in [-0.2, -0.15) is 0 Å². The first-order valence-corrected chi connectivity index (χ1v) is 10.9. The number of carbonyl (C=O) groups excluding carboxylic acids is 1. The molecule has 1 amide bonds. The van der Waals surface area contributed by atoms with Crippen molar-refractivity contribution in [3.05, 3.63) is 94.9 Å². The minimum atomic E-state index is -0.135. The van der Waals surface area contributed by atoms with Gasteiger partial charge in [0.25, 0.3) is 5.91 Å². The van der Waals surface area contributed by atoms with Crippen molar-refractivity contribution in [2.75, 3.05) is 12.0 Å². The average molecular weight is 430 g/mol. The summed E-state index contributed by atoms with van der Waals surface area (Å²) in [6.45, 7) is 4.06. The molecule has 0 spiro atoms. The number of pyridine rings is 1. The third-order valence-corrected chi connectivity index (χ3v) is 5.76. The fourth-order valence-electron chi connectivity index (χ4n) is 3.38. The molecular weight excluding hydrogens is 406 g/mol. The van der Waals surface area contributed by atoms with E-state index in [1.54, 1.807) is 18.2 Å². The molecule has 5 nitrogen and oxygen atoms in total. The van der Waals surface area contributed by atoms with E-state index in [0.29, 0.717) is 16.6 Å². The smallest absolute Gasteiger partial charge is 0.283 e. The maximum atomic E-state index is 13.4. The molecule has 0 atom stereocenters. The number of anilines is 1. The fraction of sp³-hybridized carbons (Fsp3) is 0.160. The van der Waals surface area contributed by atoms with E-state index in [9.17, 15) is 4.79 Å². The van der Waals surface area contributed by atoms with Crippen LogP contribution in [0.3, 0.4) is 0 Å². The normalized spacial score (nSPS) is 14.8. The van der Waals surface area contributed by atoms with Crippen molar-refractivity contribution in [2.45, 2.75) is 19.6 Å². The molecule has 31 heavy (non-hydrogen) atoms. The molecule has 156 valence electrons. The maximum absolute atomic E-state index is 13.4. The van der Waals surface area contributed by atoms with E-state index in [0.717, 1.165) is 33.8 Å². The molecule has 3 aromatic rings. The van der Waals surface area contributed by atoms with Crippen LogP contribution in [0.2, 0.25) is 0 Å². The first kappa shape index (κ1) is 20.9. The summed E-state index contributed by atoms with van der Waals surface area (Å²) in [6.07, 6.45) is 3.58. The number of amides is 1. The molecule has 0 bridgehead atoms.